The topological polar surface area (TPSA) is 111 Å². The van der Waals surface area contributed by atoms with E-state index in [1.807, 2.05) is 36.4 Å². The number of nitrogens with zero attached hydrogens (tertiary/aromatic N) is 2. The van der Waals surface area contributed by atoms with Crippen molar-refractivity contribution in [3.8, 4) is 11.1 Å². The monoisotopic (exact) mass is 445 g/mol. The fourth-order valence-corrected chi connectivity index (χ4v) is 4.02. The van der Waals surface area contributed by atoms with Crippen LogP contribution in [0.2, 0.25) is 0 Å². The quantitative estimate of drug-likeness (QED) is 0.324. The molecule has 3 aromatic rings. The Balaban J connectivity index is 1.41. The van der Waals surface area contributed by atoms with Gasteiger partial charge in [-0.2, -0.15) is 0 Å². The molecule has 1 aliphatic rings. The van der Waals surface area contributed by atoms with Crippen LogP contribution in [0.1, 0.15) is 27.9 Å². The van der Waals surface area contributed by atoms with Crippen molar-refractivity contribution in [3.63, 3.8) is 0 Å². The van der Waals surface area contributed by atoms with Gasteiger partial charge >= 0.3 is 11.7 Å². The molecule has 168 valence electrons. The summed E-state index contributed by atoms with van der Waals surface area (Å²) >= 11 is 0. The van der Waals surface area contributed by atoms with Gasteiger partial charge in [-0.15, -0.1) is 0 Å². The second-order valence-corrected chi connectivity index (χ2v) is 8.11. The molecule has 8 nitrogen and oxygen atoms in total. The number of aromatic nitrogens is 1. The van der Waals surface area contributed by atoms with Gasteiger partial charge in [0.15, 0.2) is 0 Å². The first-order valence-corrected chi connectivity index (χ1v) is 10.6. The first kappa shape index (κ1) is 22.1. The number of aryl methyl sites for hydroxylation is 1. The van der Waals surface area contributed by atoms with Gasteiger partial charge in [0.1, 0.15) is 0 Å². The molecule has 1 N–H and O–H groups in total. The highest BCUT2D eigenvalue weighted by Crippen LogP contribution is 2.42. The molecule has 2 unspecified atom stereocenters. The lowest BCUT2D eigenvalue weighted by molar-refractivity contribution is -0.384. The molecule has 8 heteroatoms. The average molecular weight is 445 g/mol. The Morgan fingerprint density at radius 1 is 1.15 bits per heavy atom. The summed E-state index contributed by atoms with van der Waals surface area (Å²) in [5.41, 5.74) is 3.56. The highest BCUT2D eigenvalue weighted by Gasteiger charge is 2.43. The number of carbonyl (C=O) groups is 2. The van der Waals surface area contributed by atoms with Crippen molar-refractivity contribution in [3.05, 3.63) is 87.6 Å². The molecule has 1 amide bonds. The van der Waals surface area contributed by atoms with Crippen LogP contribution < -0.4 is 5.32 Å². The van der Waals surface area contributed by atoms with Gasteiger partial charge in [-0.1, -0.05) is 42.5 Å². The van der Waals surface area contributed by atoms with Crippen molar-refractivity contribution >= 4 is 23.4 Å². The number of pyridine rings is 1. The molecule has 0 radical (unpaired) electrons. The summed E-state index contributed by atoms with van der Waals surface area (Å²) in [6.07, 6.45) is 2.89. The van der Waals surface area contributed by atoms with Gasteiger partial charge in [0.25, 0.3) is 0 Å². The van der Waals surface area contributed by atoms with Gasteiger partial charge in [-0.3, -0.25) is 14.9 Å². The molecule has 2 aromatic carbocycles. The predicted molar refractivity (Wildman–Crippen MR) is 123 cm³/mol. The number of hydrogen-bond acceptors (Lipinski definition) is 6. The number of carbonyl (C=O) groups excluding carboxylic acids is 2. The van der Waals surface area contributed by atoms with E-state index in [1.165, 1.54) is 13.3 Å². The van der Waals surface area contributed by atoms with Crippen molar-refractivity contribution in [1.82, 2.24) is 4.98 Å². The van der Waals surface area contributed by atoms with E-state index in [0.29, 0.717) is 11.1 Å². The van der Waals surface area contributed by atoms with Crippen LogP contribution in [0.3, 0.4) is 0 Å². The molecule has 1 aromatic heterocycles. The smallest absolute Gasteiger partial charge is 0.338 e. The summed E-state index contributed by atoms with van der Waals surface area (Å²) in [5.74, 6) is -0.673. The number of methoxy groups -OCH3 is 1. The van der Waals surface area contributed by atoms with Crippen molar-refractivity contribution in [2.75, 3.05) is 12.4 Å². The summed E-state index contributed by atoms with van der Waals surface area (Å²) in [5, 5.41) is 13.9. The Morgan fingerprint density at radius 2 is 1.88 bits per heavy atom. The molecular formula is C25H23N3O5. The van der Waals surface area contributed by atoms with Crippen LogP contribution in [-0.2, 0) is 16.0 Å². The lowest BCUT2D eigenvalue weighted by atomic mass is 9.97. The van der Waals surface area contributed by atoms with Gasteiger partial charge in [-0.05, 0) is 54.5 Å². The zero-order valence-corrected chi connectivity index (χ0v) is 18.3. The van der Waals surface area contributed by atoms with Crippen LogP contribution in [0, 0.1) is 28.9 Å². The second-order valence-electron chi connectivity index (χ2n) is 8.11. The highest BCUT2D eigenvalue weighted by atomic mass is 16.6. The number of ether oxygens (including phenoxy) is 1. The van der Waals surface area contributed by atoms with E-state index in [-0.39, 0.29) is 35.2 Å². The van der Waals surface area contributed by atoms with Crippen molar-refractivity contribution in [1.29, 1.82) is 0 Å². The molecule has 1 aliphatic carbocycles. The molecule has 33 heavy (non-hydrogen) atoms. The minimum Gasteiger partial charge on any atom is -0.465 e. The summed E-state index contributed by atoms with van der Waals surface area (Å²) in [6, 6.07) is 16.7. The molecule has 2 atom stereocenters. The summed E-state index contributed by atoms with van der Waals surface area (Å²) < 4.78 is 4.87. The van der Waals surface area contributed by atoms with Crippen LogP contribution in [0.15, 0.2) is 60.8 Å². The van der Waals surface area contributed by atoms with E-state index in [2.05, 4.69) is 10.3 Å². The van der Waals surface area contributed by atoms with Crippen LogP contribution in [0.5, 0.6) is 0 Å². The summed E-state index contributed by atoms with van der Waals surface area (Å²) in [7, 11) is 1.36. The van der Waals surface area contributed by atoms with Crippen LogP contribution in [0.25, 0.3) is 11.1 Å². The molecule has 0 saturated heterocycles. The van der Waals surface area contributed by atoms with E-state index >= 15 is 0 Å². The van der Waals surface area contributed by atoms with Crippen LogP contribution in [0.4, 0.5) is 11.5 Å². The first-order valence-electron chi connectivity index (χ1n) is 10.6. The minimum absolute atomic E-state index is 0.00993. The van der Waals surface area contributed by atoms with Crippen molar-refractivity contribution < 1.29 is 19.2 Å². The first-order chi connectivity index (χ1) is 15.9. The molecular weight excluding hydrogens is 422 g/mol. The van der Waals surface area contributed by atoms with Gasteiger partial charge in [0.2, 0.25) is 11.7 Å². The number of rotatable bonds is 7. The van der Waals surface area contributed by atoms with Crippen LogP contribution in [-0.4, -0.2) is 28.9 Å². The third kappa shape index (κ3) is 4.74. The Labute approximate surface area is 190 Å². The van der Waals surface area contributed by atoms with E-state index < -0.39 is 4.92 Å². The number of benzene rings is 2. The maximum atomic E-state index is 12.6. The number of anilines is 1. The standard InChI is InChI=1S/C25H23N3O5/c1-15-11-12-26-23(22(15)28(31)32)27-24(29)21-14-18(21)13-16-7-9-17(10-8-16)19-5-3-4-6-20(19)25(30)33-2/h3-12,18,21H,13-14H2,1-2H3,(H,26,27,29). The number of nitro groups is 1. The second kappa shape index (κ2) is 9.20. The van der Waals surface area contributed by atoms with E-state index in [4.69, 9.17) is 4.74 Å². The van der Waals surface area contributed by atoms with Gasteiger partial charge < -0.3 is 10.1 Å². The number of hydrogen-bond donors (Lipinski definition) is 1. The molecule has 1 fully saturated rings. The minimum atomic E-state index is -0.526. The lowest BCUT2D eigenvalue weighted by Crippen LogP contribution is -2.17. The van der Waals surface area contributed by atoms with E-state index in [0.717, 1.165) is 29.5 Å². The number of esters is 1. The summed E-state index contributed by atoms with van der Waals surface area (Å²) in [4.78, 5) is 39.4. The van der Waals surface area contributed by atoms with Crippen molar-refractivity contribution in [2.24, 2.45) is 11.8 Å². The van der Waals surface area contributed by atoms with Crippen LogP contribution >= 0.6 is 0 Å². The maximum Gasteiger partial charge on any atom is 0.338 e. The summed E-state index contributed by atoms with van der Waals surface area (Å²) in [6.45, 7) is 1.61. The van der Waals surface area contributed by atoms with Crippen molar-refractivity contribution in [2.45, 2.75) is 19.8 Å². The number of amides is 1. The molecule has 1 heterocycles. The third-order valence-corrected chi connectivity index (χ3v) is 5.90. The van der Waals surface area contributed by atoms with E-state index in [9.17, 15) is 19.7 Å². The fourth-order valence-electron chi connectivity index (χ4n) is 4.02. The van der Waals surface area contributed by atoms with Gasteiger partial charge in [0, 0.05) is 17.7 Å². The predicted octanol–water partition coefficient (Wildman–Crippen LogP) is 4.57. The third-order valence-electron chi connectivity index (χ3n) is 5.90. The lowest BCUT2D eigenvalue weighted by Gasteiger charge is -2.09. The Hall–Kier alpha value is -4.07. The molecule has 0 aliphatic heterocycles. The largest absolute Gasteiger partial charge is 0.465 e. The molecule has 0 spiro atoms. The Bertz CT molecular complexity index is 1220. The van der Waals surface area contributed by atoms with Gasteiger partial charge in [-0.25, -0.2) is 9.78 Å². The number of nitrogens with one attached hydrogen (secondary N) is 1. The normalized spacial score (nSPS) is 16.7. The molecule has 4 rings (SSSR count). The SMILES string of the molecule is COC(=O)c1ccccc1-c1ccc(CC2CC2C(=O)Nc2nccc(C)c2[N+](=O)[O-])cc1. The zero-order valence-electron chi connectivity index (χ0n) is 18.3. The average Bonchev–Trinajstić information content (AvgIpc) is 3.58. The molecule has 0 bridgehead atoms. The maximum absolute atomic E-state index is 12.6. The highest BCUT2D eigenvalue weighted by molar-refractivity contribution is 5.97. The van der Waals surface area contributed by atoms with E-state index in [1.54, 1.807) is 25.1 Å². The zero-order chi connectivity index (χ0) is 23.5. The fraction of sp³-hybridized carbons (Fsp3) is 0.240. The van der Waals surface area contributed by atoms with Gasteiger partial charge in [0.05, 0.1) is 17.6 Å². The Morgan fingerprint density at radius 3 is 2.58 bits per heavy atom. The Kier molecular flexibility index (Phi) is 6.17. The molecule has 1 saturated carbocycles.